The van der Waals surface area contributed by atoms with Crippen molar-refractivity contribution < 1.29 is 29.7 Å². The molecule has 1 aliphatic heterocycles. The zero-order valence-electron chi connectivity index (χ0n) is 16.5. The molecule has 3 rings (SSSR count). The molecule has 2 atom stereocenters. The average Bonchev–Trinajstić information content (AvgIpc) is 3.12. The van der Waals surface area contributed by atoms with Gasteiger partial charge in [-0.05, 0) is 37.0 Å². The quantitative estimate of drug-likeness (QED) is 0.335. The summed E-state index contributed by atoms with van der Waals surface area (Å²) in [5, 5.41) is 33.4. The van der Waals surface area contributed by atoms with Gasteiger partial charge in [0.1, 0.15) is 11.9 Å². The van der Waals surface area contributed by atoms with E-state index in [9.17, 15) is 19.5 Å². The number of nitrogens with zero attached hydrogens (tertiary/aromatic N) is 2. The van der Waals surface area contributed by atoms with E-state index in [1.807, 2.05) is 0 Å². The van der Waals surface area contributed by atoms with E-state index >= 15 is 0 Å². The van der Waals surface area contributed by atoms with Gasteiger partial charge in [-0.1, -0.05) is 12.1 Å². The molecule has 2 heterocycles. The van der Waals surface area contributed by atoms with Gasteiger partial charge < -0.3 is 31.7 Å². The second-order valence-corrected chi connectivity index (χ2v) is 7.28. The van der Waals surface area contributed by atoms with Crippen molar-refractivity contribution in [3.8, 4) is 5.88 Å². The van der Waals surface area contributed by atoms with Crippen molar-refractivity contribution in [3.63, 3.8) is 0 Å². The number of carboxylic acid groups (broad SMARTS) is 2. The Bertz CT molecular complexity index is 994. The van der Waals surface area contributed by atoms with Crippen molar-refractivity contribution >= 4 is 29.6 Å². The van der Waals surface area contributed by atoms with Crippen LogP contribution in [-0.4, -0.2) is 55.7 Å². The Balaban J connectivity index is 1.58. The van der Waals surface area contributed by atoms with Crippen molar-refractivity contribution in [1.82, 2.24) is 15.3 Å². The number of carboxylic acids is 2. The van der Waals surface area contributed by atoms with E-state index in [4.69, 9.17) is 15.9 Å². The van der Waals surface area contributed by atoms with Crippen LogP contribution in [0.5, 0.6) is 5.88 Å². The minimum atomic E-state index is -1.29. The largest absolute Gasteiger partial charge is 0.493 e. The number of fused-ring (bicyclic) bond motifs is 1. The number of carbonyl (C=O) groups is 3. The van der Waals surface area contributed by atoms with Crippen molar-refractivity contribution in [2.75, 3.05) is 17.6 Å². The molecule has 1 aliphatic rings. The van der Waals surface area contributed by atoms with Gasteiger partial charge in [-0.15, -0.1) is 0 Å². The Hall–Kier alpha value is -3.89. The van der Waals surface area contributed by atoms with E-state index in [2.05, 4.69) is 20.6 Å². The maximum absolute atomic E-state index is 12.3. The molecule has 1 unspecified atom stereocenters. The van der Waals surface area contributed by atoms with Crippen molar-refractivity contribution in [1.29, 1.82) is 0 Å². The fourth-order valence-electron chi connectivity index (χ4n) is 3.48. The third-order valence-corrected chi connectivity index (χ3v) is 5.11. The van der Waals surface area contributed by atoms with Gasteiger partial charge in [-0.25, -0.2) is 4.79 Å². The highest BCUT2D eigenvalue weighted by Crippen LogP contribution is 2.38. The molecule has 2 aromatic rings. The molecule has 164 valence electrons. The molecule has 0 spiro atoms. The van der Waals surface area contributed by atoms with E-state index in [0.29, 0.717) is 30.8 Å². The lowest BCUT2D eigenvalue weighted by atomic mass is 9.95. The van der Waals surface area contributed by atoms with Crippen LogP contribution in [0.2, 0.25) is 0 Å². The number of hydrogen-bond donors (Lipinski definition) is 6. The van der Waals surface area contributed by atoms with E-state index in [1.54, 1.807) is 24.3 Å². The Morgan fingerprint density at radius 3 is 2.55 bits per heavy atom. The van der Waals surface area contributed by atoms with Crippen LogP contribution < -0.4 is 16.4 Å². The zero-order chi connectivity index (χ0) is 22.5. The number of benzene rings is 1. The van der Waals surface area contributed by atoms with Crippen LogP contribution in [-0.2, 0) is 16.0 Å². The molecule has 1 aromatic heterocycles. The first-order valence-electron chi connectivity index (χ1n) is 9.69. The molecular weight excluding hydrogens is 406 g/mol. The molecule has 31 heavy (non-hydrogen) atoms. The summed E-state index contributed by atoms with van der Waals surface area (Å²) in [6, 6.07) is 5.43. The lowest BCUT2D eigenvalue weighted by molar-refractivity contribution is -0.140. The van der Waals surface area contributed by atoms with Crippen LogP contribution in [0.1, 0.15) is 46.7 Å². The Morgan fingerprint density at radius 1 is 1.19 bits per heavy atom. The number of nitrogens with one attached hydrogen (secondary N) is 2. The number of nitrogens with two attached hydrogens (primary N) is 1. The third kappa shape index (κ3) is 5.38. The van der Waals surface area contributed by atoms with Crippen LogP contribution in [0.3, 0.4) is 0 Å². The number of aryl methyl sites for hydroxylation is 1. The van der Waals surface area contributed by atoms with E-state index in [1.165, 1.54) is 0 Å². The Morgan fingerprint density at radius 2 is 1.90 bits per heavy atom. The predicted octanol–water partition coefficient (Wildman–Crippen LogP) is 0.954. The van der Waals surface area contributed by atoms with Crippen molar-refractivity contribution in [2.24, 2.45) is 0 Å². The number of rotatable bonds is 9. The minimum Gasteiger partial charge on any atom is -0.493 e. The molecule has 0 fully saturated rings. The summed E-state index contributed by atoms with van der Waals surface area (Å²) in [5.74, 6) is -2.56. The monoisotopic (exact) mass is 429 g/mol. The van der Waals surface area contributed by atoms with Gasteiger partial charge in [0.15, 0.2) is 0 Å². The maximum Gasteiger partial charge on any atom is 0.326 e. The number of amides is 1. The fraction of sp³-hybridized carbons (Fsp3) is 0.350. The lowest BCUT2D eigenvalue weighted by Crippen LogP contribution is -2.41. The molecule has 7 N–H and O–H groups in total. The number of carbonyl (C=O) groups excluding carboxylic acids is 1. The summed E-state index contributed by atoms with van der Waals surface area (Å²) in [5.41, 5.74) is 7.43. The number of aromatic hydroxyl groups is 1. The van der Waals surface area contributed by atoms with Gasteiger partial charge in [0.2, 0.25) is 11.8 Å². The molecular formula is C20H23N5O6. The summed E-state index contributed by atoms with van der Waals surface area (Å²) in [6.07, 6.45) is 0.826. The topological polar surface area (TPSA) is 188 Å². The summed E-state index contributed by atoms with van der Waals surface area (Å²) >= 11 is 0. The van der Waals surface area contributed by atoms with Gasteiger partial charge in [0.05, 0.1) is 5.56 Å². The summed E-state index contributed by atoms with van der Waals surface area (Å²) < 4.78 is 0. The highest BCUT2D eigenvalue weighted by atomic mass is 16.4. The Kier molecular flexibility index (Phi) is 6.53. The maximum atomic E-state index is 12.3. The highest BCUT2D eigenvalue weighted by molar-refractivity contribution is 5.96. The molecule has 11 nitrogen and oxygen atoms in total. The first-order chi connectivity index (χ1) is 14.7. The second-order valence-electron chi connectivity index (χ2n) is 7.28. The number of nitrogen functional groups attached to an aromatic ring is 1. The van der Waals surface area contributed by atoms with Crippen LogP contribution in [0.25, 0.3) is 0 Å². The summed E-state index contributed by atoms with van der Waals surface area (Å²) in [6.45, 7) is 0.606. The molecule has 1 amide bonds. The Labute approximate surface area is 177 Å². The molecule has 0 saturated carbocycles. The SMILES string of the molecule is Nc1nc(O)c2c(n1)NCC2CCc1ccc(C(=O)N[C@@H](CCC(=O)O)C(=O)O)cc1. The number of hydrogen-bond acceptors (Lipinski definition) is 8. The first kappa shape index (κ1) is 21.8. The van der Waals surface area contributed by atoms with Gasteiger partial charge in [0.25, 0.3) is 5.91 Å². The van der Waals surface area contributed by atoms with Gasteiger partial charge in [0, 0.05) is 24.4 Å². The second kappa shape index (κ2) is 9.28. The van der Waals surface area contributed by atoms with Gasteiger partial charge in [-0.2, -0.15) is 9.97 Å². The van der Waals surface area contributed by atoms with Crippen molar-refractivity contribution in [3.05, 3.63) is 41.0 Å². The summed E-state index contributed by atoms with van der Waals surface area (Å²) in [7, 11) is 0. The van der Waals surface area contributed by atoms with E-state index in [0.717, 1.165) is 5.56 Å². The molecule has 0 radical (unpaired) electrons. The fourth-order valence-corrected chi connectivity index (χ4v) is 3.48. The van der Waals surface area contributed by atoms with Crippen LogP contribution in [0.4, 0.5) is 11.8 Å². The van der Waals surface area contributed by atoms with Crippen molar-refractivity contribution in [2.45, 2.75) is 37.6 Å². The zero-order valence-corrected chi connectivity index (χ0v) is 16.5. The van der Waals surface area contributed by atoms with Gasteiger partial charge in [-0.3, -0.25) is 9.59 Å². The minimum absolute atomic E-state index is 0.00589. The predicted molar refractivity (Wildman–Crippen MR) is 110 cm³/mol. The molecule has 0 bridgehead atoms. The van der Waals surface area contributed by atoms with Crippen LogP contribution >= 0.6 is 0 Å². The third-order valence-electron chi connectivity index (χ3n) is 5.11. The average molecular weight is 429 g/mol. The number of aromatic nitrogens is 2. The first-order valence-corrected chi connectivity index (χ1v) is 9.69. The number of anilines is 2. The number of aliphatic carboxylic acids is 2. The molecule has 0 saturated heterocycles. The van der Waals surface area contributed by atoms with Crippen LogP contribution in [0, 0.1) is 0 Å². The molecule has 0 aliphatic carbocycles. The normalized spacial score (nSPS) is 15.5. The smallest absolute Gasteiger partial charge is 0.326 e. The standard InChI is InChI=1S/C20H23N5O6/c21-20-24-16-15(18(29)25-20)12(9-22-16)6-3-10-1-4-11(5-2-10)17(28)23-13(19(30)31)7-8-14(26)27/h1-2,4-5,12-13H,3,6-9H2,(H,23,28)(H,26,27)(H,30,31)(H4,21,22,24,25,29)/t12?,13-/m0/s1. The van der Waals surface area contributed by atoms with E-state index < -0.39 is 23.9 Å². The molecule has 1 aromatic carbocycles. The van der Waals surface area contributed by atoms with E-state index in [-0.39, 0.29) is 36.2 Å². The lowest BCUT2D eigenvalue weighted by Gasteiger charge is -2.14. The molecule has 11 heteroatoms. The summed E-state index contributed by atoms with van der Waals surface area (Å²) in [4.78, 5) is 42.1. The van der Waals surface area contributed by atoms with Crippen LogP contribution in [0.15, 0.2) is 24.3 Å². The highest BCUT2D eigenvalue weighted by Gasteiger charge is 2.28. The van der Waals surface area contributed by atoms with Gasteiger partial charge >= 0.3 is 11.9 Å².